The van der Waals surface area contributed by atoms with E-state index in [9.17, 15) is 9.90 Å². The van der Waals surface area contributed by atoms with Crippen molar-refractivity contribution in [3.63, 3.8) is 0 Å². The minimum Gasteiger partial charge on any atom is -0.394 e. The molecule has 0 aromatic carbocycles. The number of hydrogen-bond acceptors (Lipinski definition) is 4. The van der Waals surface area contributed by atoms with Gasteiger partial charge in [0.2, 0.25) is 0 Å². The molecule has 0 amide bonds. The first-order valence-corrected chi connectivity index (χ1v) is 4.38. The molecule has 1 heterocycles. The maximum atomic E-state index is 11.4. The van der Waals surface area contributed by atoms with Crippen molar-refractivity contribution in [3.8, 4) is 0 Å². The van der Waals surface area contributed by atoms with E-state index >= 15 is 0 Å². The SMILES string of the molecule is Cc1cc(C)n(C[C@@H](O)CO)c(=O)n1. The van der Waals surface area contributed by atoms with Crippen molar-refractivity contribution in [2.45, 2.75) is 26.5 Å². The highest BCUT2D eigenvalue weighted by Crippen LogP contribution is 1.98. The maximum absolute atomic E-state index is 11.4. The van der Waals surface area contributed by atoms with Gasteiger partial charge in [-0.05, 0) is 19.9 Å². The topological polar surface area (TPSA) is 75.3 Å². The molecule has 1 aromatic rings. The molecule has 0 fully saturated rings. The number of aromatic nitrogens is 2. The normalized spacial score (nSPS) is 12.9. The second-order valence-corrected chi connectivity index (χ2v) is 3.27. The van der Waals surface area contributed by atoms with Crippen molar-refractivity contribution in [2.75, 3.05) is 6.61 Å². The Morgan fingerprint density at radius 3 is 2.71 bits per heavy atom. The molecule has 0 aliphatic carbocycles. The number of aliphatic hydroxyl groups is 2. The fraction of sp³-hybridized carbons (Fsp3) is 0.556. The third-order valence-corrected chi connectivity index (χ3v) is 1.95. The Hall–Kier alpha value is -1.20. The third kappa shape index (κ3) is 2.40. The van der Waals surface area contributed by atoms with E-state index in [-0.39, 0.29) is 13.2 Å². The summed E-state index contributed by atoms with van der Waals surface area (Å²) in [5, 5.41) is 17.8. The molecule has 0 aliphatic heterocycles. The van der Waals surface area contributed by atoms with Crippen molar-refractivity contribution in [3.05, 3.63) is 27.9 Å². The van der Waals surface area contributed by atoms with Crippen LogP contribution in [0.15, 0.2) is 10.9 Å². The average molecular weight is 198 g/mol. The monoisotopic (exact) mass is 198 g/mol. The lowest BCUT2D eigenvalue weighted by atomic mass is 10.3. The highest BCUT2D eigenvalue weighted by atomic mass is 16.3. The van der Waals surface area contributed by atoms with Crippen LogP contribution in [0.5, 0.6) is 0 Å². The van der Waals surface area contributed by atoms with Crippen molar-refractivity contribution >= 4 is 0 Å². The predicted octanol–water partition coefficient (Wildman–Crippen LogP) is -0.787. The number of rotatable bonds is 3. The second kappa shape index (κ2) is 4.34. The molecule has 5 heteroatoms. The van der Waals surface area contributed by atoms with Crippen molar-refractivity contribution in [2.24, 2.45) is 0 Å². The minimum absolute atomic E-state index is 0.0778. The van der Waals surface area contributed by atoms with Gasteiger partial charge in [-0.25, -0.2) is 4.79 Å². The quantitative estimate of drug-likeness (QED) is 0.667. The first-order chi connectivity index (χ1) is 6.54. The van der Waals surface area contributed by atoms with Crippen LogP contribution in [0.2, 0.25) is 0 Å². The largest absolute Gasteiger partial charge is 0.394 e. The molecule has 5 nitrogen and oxygen atoms in total. The van der Waals surface area contributed by atoms with Gasteiger partial charge in [0.05, 0.1) is 19.3 Å². The van der Waals surface area contributed by atoms with Gasteiger partial charge in [-0.1, -0.05) is 0 Å². The molecule has 14 heavy (non-hydrogen) atoms. The lowest BCUT2D eigenvalue weighted by Crippen LogP contribution is -2.31. The Kier molecular flexibility index (Phi) is 3.38. The summed E-state index contributed by atoms with van der Waals surface area (Å²) < 4.78 is 1.34. The van der Waals surface area contributed by atoms with Crippen LogP contribution >= 0.6 is 0 Å². The molecule has 2 N–H and O–H groups in total. The molecule has 0 aliphatic rings. The fourth-order valence-electron chi connectivity index (χ4n) is 1.27. The van der Waals surface area contributed by atoms with Crippen molar-refractivity contribution < 1.29 is 10.2 Å². The van der Waals surface area contributed by atoms with Gasteiger partial charge in [0.25, 0.3) is 0 Å². The molecular formula is C9H14N2O3. The van der Waals surface area contributed by atoms with E-state index in [1.165, 1.54) is 4.57 Å². The molecular weight excluding hydrogens is 184 g/mol. The highest BCUT2D eigenvalue weighted by molar-refractivity contribution is 5.06. The van der Waals surface area contributed by atoms with Gasteiger partial charge < -0.3 is 10.2 Å². The summed E-state index contributed by atoms with van der Waals surface area (Å²) in [6, 6.07) is 1.76. The molecule has 1 rings (SSSR count). The van der Waals surface area contributed by atoms with Crippen LogP contribution in [0.3, 0.4) is 0 Å². The first-order valence-electron chi connectivity index (χ1n) is 4.38. The third-order valence-electron chi connectivity index (χ3n) is 1.95. The second-order valence-electron chi connectivity index (χ2n) is 3.27. The summed E-state index contributed by atoms with van der Waals surface area (Å²) in [7, 11) is 0. The van der Waals surface area contributed by atoms with E-state index in [1.807, 2.05) is 0 Å². The lowest BCUT2D eigenvalue weighted by molar-refractivity contribution is 0.0795. The molecule has 1 aromatic heterocycles. The maximum Gasteiger partial charge on any atom is 0.348 e. The van der Waals surface area contributed by atoms with Gasteiger partial charge in [-0.15, -0.1) is 0 Å². The van der Waals surface area contributed by atoms with Gasteiger partial charge in [-0.2, -0.15) is 4.98 Å². The van der Waals surface area contributed by atoms with E-state index < -0.39 is 11.8 Å². The zero-order chi connectivity index (χ0) is 10.7. The molecule has 0 unspecified atom stereocenters. The number of hydrogen-bond donors (Lipinski definition) is 2. The number of aliphatic hydroxyl groups excluding tert-OH is 2. The molecule has 1 atom stereocenters. The Bertz CT molecular complexity index is 373. The predicted molar refractivity (Wildman–Crippen MR) is 51.1 cm³/mol. The molecule has 0 saturated heterocycles. The molecule has 0 bridgehead atoms. The van der Waals surface area contributed by atoms with E-state index in [0.717, 1.165) is 5.69 Å². The van der Waals surface area contributed by atoms with Gasteiger partial charge in [0.15, 0.2) is 0 Å². The van der Waals surface area contributed by atoms with Gasteiger partial charge in [-0.3, -0.25) is 4.57 Å². The summed E-state index contributed by atoms with van der Waals surface area (Å²) in [5.41, 5.74) is 0.993. The van der Waals surface area contributed by atoms with Crippen molar-refractivity contribution in [1.29, 1.82) is 0 Å². The number of nitrogens with zero attached hydrogens (tertiary/aromatic N) is 2. The molecule has 0 spiro atoms. The zero-order valence-corrected chi connectivity index (χ0v) is 8.27. The number of aryl methyl sites for hydroxylation is 2. The fourth-order valence-corrected chi connectivity index (χ4v) is 1.27. The van der Waals surface area contributed by atoms with Crippen LogP contribution in [-0.4, -0.2) is 32.5 Å². The van der Waals surface area contributed by atoms with Crippen LogP contribution in [0.25, 0.3) is 0 Å². The standard InChI is InChI=1S/C9H14N2O3/c1-6-3-7(2)11(9(14)10-6)4-8(13)5-12/h3,8,12-13H,4-5H2,1-2H3/t8-/m1/s1. The average Bonchev–Trinajstić information content (AvgIpc) is 2.10. The van der Waals surface area contributed by atoms with Crippen molar-refractivity contribution in [1.82, 2.24) is 9.55 Å². The van der Waals surface area contributed by atoms with E-state index in [0.29, 0.717) is 5.69 Å². The summed E-state index contributed by atoms with van der Waals surface area (Å²) in [4.78, 5) is 15.1. The minimum atomic E-state index is -0.920. The van der Waals surface area contributed by atoms with Crippen LogP contribution < -0.4 is 5.69 Å². The molecule has 0 saturated carbocycles. The first kappa shape index (κ1) is 10.9. The summed E-state index contributed by atoms with van der Waals surface area (Å²) in [6.07, 6.45) is -0.920. The zero-order valence-electron chi connectivity index (χ0n) is 8.27. The van der Waals surface area contributed by atoms with Crippen LogP contribution in [-0.2, 0) is 6.54 Å². The van der Waals surface area contributed by atoms with Crippen LogP contribution in [0.4, 0.5) is 0 Å². The Labute approximate surface area is 81.7 Å². The Morgan fingerprint density at radius 2 is 2.21 bits per heavy atom. The van der Waals surface area contributed by atoms with E-state index in [1.54, 1.807) is 19.9 Å². The van der Waals surface area contributed by atoms with Gasteiger partial charge in [0.1, 0.15) is 0 Å². The summed E-state index contributed by atoms with van der Waals surface area (Å²) in [5.74, 6) is 0. The van der Waals surface area contributed by atoms with E-state index in [2.05, 4.69) is 4.98 Å². The lowest BCUT2D eigenvalue weighted by Gasteiger charge is -2.12. The van der Waals surface area contributed by atoms with Crippen LogP contribution in [0, 0.1) is 13.8 Å². The van der Waals surface area contributed by atoms with E-state index in [4.69, 9.17) is 5.11 Å². The Balaban J connectivity index is 3.03. The smallest absolute Gasteiger partial charge is 0.348 e. The summed E-state index contributed by atoms with van der Waals surface area (Å²) >= 11 is 0. The molecule has 0 radical (unpaired) electrons. The highest BCUT2D eigenvalue weighted by Gasteiger charge is 2.08. The Morgan fingerprint density at radius 1 is 1.57 bits per heavy atom. The van der Waals surface area contributed by atoms with Crippen LogP contribution in [0.1, 0.15) is 11.4 Å². The molecule has 78 valence electrons. The van der Waals surface area contributed by atoms with Gasteiger partial charge in [0, 0.05) is 11.4 Å². The van der Waals surface area contributed by atoms with Gasteiger partial charge >= 0.3 is 5.69 Å². The summed E-state index contributed by atoms with van der Waals surface area (Å²) in [6.45, 7) is 3.22.